The van der Waals surface area contributed by atoms with E-state index in [4.69, 9.17) is 14.2 Å². The Bertz CT molecular complexity index is 1420. The second-order valence-corrected chi connectivity index (χ2v) is 15.6. The number of carbonyl (C=O) groups excluding carboxylic acids is 3. The fourth-order valence-corrected chi connectivity index (χ4v) is 6.05. The monoisotopic (exact) mass is 869 g/mol. The molecule has 0 heterocycles. The molecular formula is C57H88O6. The highest BCUT2D eigenvalue weighted by atomic mass is 16.6. The van der Waals surface area contributed by atoms with Gasteiger partial charge in [-0.2, -0.15) is 0 Å². The van der Waals surface area contributed by atoms with E-state index in [1.54, 1.807) is 0 Å². The second-order valence-electron chi connectivity index (χ2n) is 15.6. The summed E-state index contributed by atoms with van der Waals surface area (Å²) in [6.07, 6.45) is 70.2. The van der Waals surface area contributed by atoms with Crippen molar-refractivity contribution in [3.63, 3.8) is 0 Å². The molecule has 1 unspecified atom stereocenters. The molecule has 0 aromatic carbocycles. The van der Waals surface area contributed by atoms with Crippen molar-refractivity contribution in [1.29, 1.82) is 0 Å². The van der Waals surface area contributed by atoms with Gasteiger partial charge in [-0.25, -0.2) is 0 Å². The van der Waals surface area contributed by atoms with Crippen LogP contribution in [0.3, 0.4) is 0 Å². The van der Waals surface area contributed by atoms with Gasteiger partial charge >= 0.3 is 17.9 Å². The number of unbranched alkanes of at least 4 members (excludes halogenated alkanes) is 9. The molecule has 0 saturated heterocycles. The second kappa shape index (κ2) is 50.2. The topological polar surface area (TPSA) is 78.9 Å². The molecule has 352 valence electrons. The van der Waals surface area contributed by atoms with E-state index in [0.29, 0.717) is 19.3 Å². The van der Waals surface area contributed by atoms with Gasteiger partial charge in [-0.1, -0.05) is 187 Å². The maximum atomic E-state index is 12.8. The average Bonchev–Trinajstić information content (AvgIpc) is 3.28. The summed E-state index contributed by atoms with van der Waals surface area (Å²) in [6, 6.07) is 0. The maximum Gasteiger partial charge on any atom is 0.306 e. The molecule has 6 nitrogen and oxygen atoms in total. The van der Waals surface area contributed by atoms with Gasteiger partial charge in [0.25, 0.3) is 0 Å². The highest BCUT2D eigenvalue weighted by Crippen LogP contribution is 2.12. The van der Waals surface area contributed by atoms with Crippen molar-refractivity contribution in [2.75, 3.05) is 13.2 Å². The number of carbonyl (C=O) groups is 3. The highest BCUT2D eigenvalue weighted by Gasteiger charge is 2.19. The van der Waals surface area contributed by atoms with Crippen LogP contribution in [0.2, 0.25) is 0 Å². The normalized spacial score (nSPS) is 13.3. The molecule has 0 aliphatic carbocycles. The molecule has 0 radical (unpaired) electrons. The number of hydrogen-bond acceptors (Lipinski definition) is 6. The van der Waals surface area contributed by atoms with Crippen molar-refractivity contribution in [3.8, 4) is 0 Å². The molecule has 0 aromatic heterocycles. The predicted octanol–water partition coefficient (Wildman–Crippen LogP) is 16.3. The summed E-state index contributed by atoms with van der Waals surface area (Å²) in [5, 5.41) is 0. The van der Waals surface area contributed by atoms with Gasteiger partial charge in [0.05, 0.1) is 0 Å². The van der Waals surface area contributed by atoms with E-state index in [1.807, 2.05) is 12.2 Å². The molecule has 6 heteroatoms. The zero-order valence-electron chi connectivity index (χ0n) is 40.0. The molecular weight excluding hydrogens is 781 g/mol. The molecule has 0 aliphatic rings. The van der Waals surface area contributed by atoms with E-state index < -0.39 is 6.10 Å². The summed E-state index contributed by atoms with van der Waals surface area (Å²) in [7, 11) is 0. The van der Waals surface area contributed by atoms with Crippen LogP contribution >= 0.6 is 0 Å². The van der Waals surface area contributed by atoms with Crippen LogP contribution in [0.1, 0.15) is 188 Å². The van der Waals surface area contributed by atoms with Crippen LogP contribution in [0.25, 0.3) is 0 Å². The first-order valence-electron chi connectivity index (χ1n) is 24.7. The first-order valence-corrected chi connectivity index (χ1v) is 24.7. The summed E-state index contributed by atoms with van der Waals surface area (Å²) in [5.41, 5.74) is 0. The molecule has 0 rings (SSSR count). The fourth-order valence-electron chi connectivity index (χ4n) is 6.05. The van der Waals surface area contributed by atoms with Gasteiger partial charge in [-0.05, 0) is 116 Å². The number of esters is 3. The SMILES string of the molecule is CC/C=C\C/C=C\C/C=C\C/C=C\CCCCC(=O)OC(COC(=O)CC/C=C\C/C=C\C/C=C\C/C=C\CC)COC(=O)CCCCCCCCC/C=C\C/C=C\C/C=C\CC. The van der Waals surface area contributed by atoms with Crippen LogP contribution < -0.4 is 0 Å². The molecule has 0 spiro atoms. The van der Waals surface area contributed by atoms with Crippen LogP contribution in [0.15, 0.2) is 134 Å². The van der Waals surface area contributed by atoms with Crippen molar-refractivity contribution >= 4 is 17.9 Å². The Kier molecular flexibility index (Phi) is 46.7. The van der Waals surface area contributed by atoms with Crippen molar-refractivity contribution in [2.45, 2.75) is 194 Å². The van der Waals surface area contributed by atoms with Crippen LogP contribution in [0.5, 0.6) is 0 Å². The van der Waals surface area contributed by atoms with Crippen LogP contribution in [0.4, 0.5) is 0 Å². The lowest BCUT2D eigenvalue weighted by Crippen LogP contribution is -2.30. The Morgan fingerprint density at radius 1 is 0.317 bits per heavy atom. The van der Waals surface area contributed by atoms with E-state index in [-0.39, 0.29) is 44.0 Å². The Balaban J connectivity index is 4.57. The van der Waals surface area contributed by atoms with Gasteiger partial charge in [0.1, 0.15) is 13.2 Å². The first kappa shape index (κ1) is 58.6. The summed E-state index contributed by atoms with van der Waals surface area (Å²) in [4.78, 5) is 37.9. The third-order valence-corrected chi connectivity index (χ3v) is 9.64. The van der Waals surface area contributed by atoms with E-state index in [2.05, 4.69) is 142 Å². The van der Waals surface area contributed by atoms with Crippen LogP contribution in [-0.2, 0) is 28.6 Å². The molecule has 0 N–H and O–H groups in total. The molecule has 0 aliphatic heterocycles. The minimum Gasteiger partial charge on any atom is -0.462 e. The molecule has 0 bridgehead atoms. The number of rotatable bonds is 42. The minimum atomic E-state index is -0.837. The smallest absolute Gasteiger partial charge is 0.306 e. The van der Waals surface area contributed by atoms with Crippen molar-refractivity contribution in [3.05, 3.63) is 134 Å². The van der Waals surface area contributed by atoms with Gasteiger partial charge in [0.2, 0.25) is 0 Å². The van der Waals surface area contributed by atoms with Crippen LogP contribution in [0, 0.1) is 0 Å². The minimum absolute atomic E-state index is 0.127. The highest BCUT2D eigenvalue weighted by molar-refractivity contribution is 5.71. The third-order valence-electron chi connectivity index (χ3n) is 9.64. The summed E-state index contributed by atoms with van der Waals surface area (Å²) in [6.45, 7) is 6.16. The summed E-state index contributed by atoms with van der Waals surface area (Å²) in [5.74, 6) is -1.08. The lowest BCUT2D eigenvalue weighted by atomic mass is 10.1. The lowest BCUT2D eigenvalue weighted by molar-refractivity contribution is -0.166. The molecule has 1 atom stereocenters. The van der Waals surface area contributed by atoms with Gasteiger partial charge in [0, 0.05) is 19.3 Å². The Labute approximate surface area is 385 Å². The van der Waals surface area contributed by atoms with Gasteiger partial charge in [-0.15, -0.1) is 0 Å². The van der Waals surface area contributed by atoms with E-state index in [9.17, 15) is 14.4 Å². The molecule has 0 amide bonds. The Morgan fingerprint density at radius 2 is 0.603 bits per heavy atom. The van der Waals surface area contributed by atoms with Gasteiger partial charge < -0.3 is 14.2 Å². The predicted molar refractivity (Wildman–Crippen MR) is 269 cm³/mol. The van der Waals surface area contributed by atoms with Crippen molar-refractivity contribution in [1.82, 2.24) is 0 Å². The molecule has 0 aromatic rings. The largest absolute Gasteiger partial charge is 0.462 e. The maximum absolute atomic E-state index is 12.8. The quantitative estimate of drug-likeness (QED) is 0.0263. The Hall–Kier alpha value is -4.45. The molecule has 0 saturated carbocycles. The molecule has 63 heavy (non-hydrogen) atoms. The number of allylic oxidation sites excluding steroid dienone is 22. The van der Waals surface area contributed by atoms with E-state index in [1.165, 1.54) is 25.7 Å². The average molecular weight is 869 g/mol. The van der Waals surface area contributed by atoms with E-state index >= 15 is 0 Å². The lowest BCUT2D eigenvalue weighted by Gasteiger charge is -2.18. The van der Waals surface area contributed by atoms with Crippen molar-refractivity contribution in [2.24, 2.45) is 0 Å². The summed E-state index contributed by atoms with van der Waals surface area (Å²) < 4.78 is 16.7. The zero-order valence-corrected chi connectivity index (χ0v) is 40.0. The fraction of sp³-hybridized carbons (Fsp3) is 0.561. The third kappa shape index (κ3) is 48.4. The first-order chi connectivity index (χ1) is 31.0. The van der Waals surface area contributed by atoms with Gasteiger partial charge in [-0.3, -0.25) is 14.4 Å². The molecule has 0 fully saturated rings. The standard InChI is InChI=1S/C57H88O6/c1-4-7-10-13-16-19-22-25-27-28-30-32-35-38-41-44-47-50-56(59)62-53-54(52-61-55(58)49-46-43-40-37-34-31-24-21-18-15-12-9-6-3)63-57(60)51-48-45-42-39-36-33-29-26-23-20-17-14-11-8-5-2/h7-12,16-21,25-27,29,31,34,36,39-40,43,54H,4-6,13-15,22-24,28,30,32-33,35,37-38,41-42,44-53H2,1-3H3/b10-7-,11-8-,12-9-,19-16-,20-17-,21-18-,27-25-,29-26-,34-31-,39-36-,43-40-. The van der Waals surface area contributed by atoms with Gasteiger partial charge in [0.15, 0.2) is 6.10 Å². The number of hydrogen-bond donors (Lipinski definition) is 0. The number of ether oxygens (including phenoxy) is 3. The zero-order chi connectivity index (χ0) is 45.8. The van der Waals surface area contributed by atoms with E-state index in [0.717, 1.165) is 109 Å². The summed E-state index contributed by atoms with van der Waals surface area (Å²) >= 11 is 0. The van der Waals surface area contributed by atoms with Crippen LogP contribution in [-0.4, -0.2) is 37.2 Å². The Morgan fingerprint density at radius 3 is 1.02 bits per heavy atom. The van der Waals surface area contributed by atoms with Crippen molar-refractivity contribution < 1.29 is 28.6 Å².